The Hall–Kier alpha value is -3.98. The predicted octanol–water partition coefficient (Wildman–Crippen LogP) is 8.52. The first-order valence-electron chi connectivity index (χ1n) is 17.4. The number of aryl methyl sites for hydroxylation is 1. The van der Waals surface area contributed by atoms with Crippen LogP contribution in [0.2, 0.25) is 10.0 Å². The van der Waals surface area contributed by atoms with Gasteiger partial charge in [-0.1, -0.05) is 65.7 Å². The lowest BCUT2D eigenvalue weighted by Gasteiger charge is -2.50. The third-order valence-electron chi connectivity index (χ3n) is 10.7. The fraction of sp³-hybridized carbons (Fsp3) is 0.400. The highest BCUT2D eigenvalue weighted by Gasteiger charge is 2.49. The Labute approximate surface area is 303 Å². The van der Waals surface area contributed by atoms with E-state index in [0.717, 1.165) is 78.6 Å². The summed E-state index contributed by atoms with van der Waals surface area (Å²) in [5.41, 5.74) is 6.71. The van der Waals surface area contributed by atoms with Gasteiger partial charge in [0, 0.05) is 83.2 Å². The monoisotopic (exact) mass is 712 g/mol. The summed E-state index contributed by atoms with van der Waals surface area (Å²) in [7, 11) is 3.28. The van der Waals surface area contributed by atoms with Crippen molar-refractivity contribution in [2.75, 3.05) is 27.3 Å². The maximum atomic E-state index is 11.9. The van der Waals surface area contributed by atoms with E-state index in [1.54, 1.807) is 14.2 Å². The molecular weight excluding hydrogens is 671 g/mol. The third kappa shape index (κ3) is 6.73. The van der Waals surface area contributed by atoms with E-state index in [9.17, 15) is 9.59 Å². The summed E-state index contributed by atoms with van der Waals surface area (Å²) in [5, 5.41) is 4.12. The van der Waals surface area contributed by atoms with Gasteiger partial charge in [0.2, 0.25) is 17.7 Å². The van der Waals surface area contributed by atoms with E-state index in [2.05, 4.69) is 23.2 Å². The van der Waals surface area contributed by atoms with Crippen molar-refractivity contribution in [3.05, 3.63) is 81.8 Å². The van der Waals surface area contributed by atoms with Crippen LogP contribution >= 0.6 is 23.2 Å². The molecule has 8 nitrogen and oxygen atoms in total. The second kappa shape index (κ2) is 14.3. The first-order chi connectivity index (χ1) is 24.2. The number of carbonyl (C=O) groups excluding carboxylic acids is 2. The van der Waals surface area contributed by atoms with Gasteiger partial charge >= 0.3 is 0 Å². The van der Waals surface area contributed by atoms with Crippen LogP contribution in [0, 0.1) is 5.41 Å². The number of pyridine rings is 2. The number of halogens is 2. The van der Waals surface area contributed by atoms with Gasteiger partial charge in [-0.2, -0.15) is 0 Å². The quantitative estimate of drug-likeness (QED) is 0.167. The number of Topliss-reactive ketones (excluding diaryl/α,β-unsaturated/α-hetero) is 1. The van der Waals surface area contributed by atoms with Gasteiger partial charge in [0.25, 0.3) is 0 Å². The molecule has 2 atom stereocenters. The molecule has 50 heavy (non-hydrogen) atoms. The lowest BCUT2D eigenvalue weighted by molar-refractivity contribution is -0.120. The molecule has 1 spiro atoms. The van der Waals surface area contributed by atoms with Crippen LogP contribution in [0.25, 0.3) is 33.6 Å². The van der Waals surface area contributed by atoms with Crippen molar-refractivity contribution in [3.63, 3.8) is 0 Å². The zero-order valence-corrected chi connectivity index (χ0v) is 30.2. The van der Waals surface area contributed by atoms with E-state index >= 15 is 0 Å². The number of hydrogen-bond donors (Lipinski definition) is 1. The maximum absolute atomic E-state index is 11.9. The number of benzene rings is 2. The summed E-state index contributed by atoms with van der Waals surface area (Å²) >= 11 is 14.3. The van der Waals surface area contributed by atoms with Gasteiger partial charge in [0.05, 0.1) is 35.7 Å². The molecule has 3 aliphatic rings. The standard InChI is InChI=1S/C40H42Cl2N4O4/c1-24(46-22-40(23-46)20-19-27(47)21-40)28-15-17-34(45-39(28)50-3)32-12-6-10-30(37(32)42)29-9-5-11-31(36(29)41)33-16-13-25(38(44-33)49-2)7-4-8-26-14-18-35(48)43-26/h5-6,9-13,15-17,24,26H,4,7-8,14,18-23H2,1-3H3,(H,43,48)/t24?,26-/m0/s1. The Morgan fingerprint density at radius 1 is 0.860 bits per heavy atom. The molecule has 2 saturated heterocycles. The van der Waals surface area contributed by atoms with Gasteiger partial charge in [0.1, 0.15) is 5.78 Å². The van der Waals surface area contributed by atoms with Crippen LogP contribution < -0.4 is 14.8 Å². The number of ketones is 1. The largest absolute Gasteiger partial charge is 0.481 e. The molecule has 260 valence electrons. The number of amides is 1. The molecule has 0 bridgehead atoms. The maximum Gasteiger partial charge on any atom is 0.220 e. The Bertz CT molecular complexity index is 1940. The molecule has 2 aromatic heterocycles. The number of rotatable bonds is 11. The SMILES string of the molecule is COc1nc(-c2cccc(-c3cccc(-c4ccc(C(C)N5CC6(CCC(=O)C6)C5)c(OC)n4)c3Cl)c2Cl)ccc1CCC[C@H]1CCC(=O)N1. The van der Waals surface area contributed by atoms with Crippen LogP contribution in [0.1, 0.15) is 69.0 Å². The van der Waals surface area contributed by atoms with Crippen molar-refractivity contribution in [2.45, 2.75) is 70.4 Å². The molecular formula is C40H42Cl2N4O4. The van der Waals surface area contributed by atoms with Gasteiger partial charge in [-0.3, -0.25) is 14.5 Å². The Morgan fingerprint density at radius 3 is 2.06 bits per heavy atom. The molecule has 1 unspecified atom stereocenters. The molecule has 1 amide bonds. The number of carbonyl (C=O) groups is 2. The average molecular weight is 714 g/mol. The molecule has 7 rings (SSSR count). The van der Waals surface area contributed by atoms with Crippen molar-refractivity contribution in [3.8, 4) is 45.4 Å². The van der Waals surface area contributed by atoms with E-state index in [1.165, 1.54) is 0 Å². The summed E-state index contributed by atoms with van der Waals surface area (Å²) in [6, 6.07) is 20.2. The molecule has 10 heteroatoms. The summed E-state index contributed by atoms with van der Waals surface area (Å²) in [6.45, 7) is 4.02. The van der Waals surface area contributed by atoms with E-state index in [0.29, 0.717) is 58.2 Å². The molecule has 2 aliphatic heterocycles. The second-order valence-electron chi connectivity index (χ2n) is 14.0. The number of hydrogen-bond acceptors (Lipinski definition) is 7. The number of ether oxygens (including phenoxy) is 2. The van der Waals surface area contributed by atoms with Gasteiger partial charge < -0.3 is 14.8 Å². The minimum absolute atomic E-state index is 0.110. The number of methoxy groups -OCH3 is 2. The number of likely N-dealkylation sites (tertiary alicyclic amines) is 1. The topological polar surface area (TPSA) is 93.7 Å². The minimum Gasteiger partial charge on any atom is -0.481 e. The van der Waals surface area contributed by atoms with Crippen molar-refractivity contribution >= 4 is 34.9 Å². The van der Waals surface area contributed by atoms with Crippen molar-refractivity contribution in [2.24, 2.45) is 5.41 Å². The van der Waals surface area contributed by atoms with E-state index < -0.39 is 0 Å². The Kier molecular flexibility index (Phi) is 9.88. The lowest BCUT2D eigenvalue weighted by atomic mass is 9.77. The summed E-state index contributed by atoms with van der Waals surface area (Å²) in [6.07, 6.45) is 6.58. The second-order valence-corrected chi connectivity index (χ2v) is 14.7. The van der Waals surface area contributed by atoms with Gasteiger partial charge in [-0.15, -0.1) is 0 Å². The fourth-order valence-electron chi connectivity index (χ4n) is 7.93. The zero-order chi connectivity index (χ0) is 35.0. The van der Waals surface area contributed by atoms with E-state index in [-0.39, 0.29) is 23.4 Å². The van der Waals surface area contributed by atoms with Crippen LogP contribution in [-0.2, 0) is 16.0 Å². The smallest absolute Gasteiger partial charge is 0.220 e. The highest BCUT2D eigenvalue weighted by molar-refractivity contribution is 6.39. The summed E-state index contributed by atoms with van der Waals surface area (Å²) < 4.78 is 11.5. The van der Waals surface area contributed by atoms with Crippen molar-refractivity contribution in [1.29, 1.82) is 0 Å². The normalized spacial score (nSPS) is 19.0. The van der Waals surface area contributed by atoms with E-state index in [4.69, 9.17) is 42.6 Å². The third-order valence-corrected chi connectivity index (χ3v) is 11.5. The molecule has 4 aromatic rings. The molecule has 1 aliphatic carbocycles. The average Bonchev–Trinajstić information content (AvgIpc) is 3.72. The number of nitrogens with zero attached hydrogens (tertiary/aromatic N) is 3. The molecule has 2 aromatic carbocycles. The highest BCUT2D eigenvalue weighted by Crippen LogP contribution is 2.48. The Balaban J connectivity index is 1.11. The van der Waals surface area contributed by atoms with Gasteiger partial charge in [0.15, 0.2) is 0 Å². The van der Waals surface area contributed by atoms with Crippen LogP contribution in [-0.4, -0.2) is 59.9 Å². The number of nitrogens with one attached hydrogen (secondary N) is 1. The van der Waals surface area contributed by atoms with Crippen LogP contribution in [0.4, 0.5) is 0 Å². The molecule has 1 N–H and O–H groups in total. The van der Waals surface area contributed by atoms with Crippen molar-refractivity contribution in [1.82, 2.24) is 20.2 Å². The highest BCUT2D eigenvalue weighted by atomic mass is 35.5. The van der Waals surface area contributed by atoms with Crippen LogP contribution in [0.15, 0.2) is 60.7 Å². The molecule has 1 saturated carbocycles. The molecule has 3 fully saturated rings. The molecule has 0 radical (unpaired) electrons. The summed E-state index contributed by atoms with van der Waals surface area (Å²) in [4.78, 5) is 35.6. The molecule has 4 heterocycles. The Morgan fingerprint density at radius 2 is 1.48 bits per heavy atom. The van der Waals surface area contributed by atoms with Gasteiger partial charge in [-0.05, 0) is 57.2 Å². The summed E-state index contributed by atoms with van der Waals surface area (Å²) in [5.74, 6) is 1.66. The number of aromatic nitrogens is 2. The minimum atomic E-state index is 0.110. The van der Waals surface area contributed by atoms with Crippen molar-refractivity contribution < 1.29 is 19.1 Å². The zero-order valence-electron chi connectivity index (χ0n) is 28.7. The van der Waals surface area contributed by atoms with Crippen LogP contribution in [0.3, 0.4) is 0 Å². The first-order valence-corrected chi connectivity index (χ1v) is 18.2. The predicted molar refractivity (Wildman–Crippen MR) is 197 cm³/mol. The fourth-order valence-corrected chi connectivity index (χ4v) is 8.58. The van der Waals surface area contributed by atoms with Crippen LogP contribution in [0.5, 0.6) is 11.8 Å². The first kappa shape index (κ1) is 34.5. The lowest BCUT2D eigenvalue weighted by Crippen LogP contribution is -2.55. The van der Waals surface area contributed by atoms with Gasteiger partial charge in [-0.25, -0.2) is 9.97 Å². The van der Waals surface area contributed by atoms with E-state index in [1.807, 2.05) is 54.6 Å².